The van der Waals surface area contributed by atoms with Crippen molar-refractivity contribution in [2.45, 2.75) is 12.5 Å². The highest BCUT2D eigenvalue weighted by Gasteiger charge is 2.27. The fourth-order valence-electron chi connectivity index (χ4n) is 1.80. The quantitative estimate of drug-likeness (QED) is 0.843. The molecule has 1 fully saturated rings. The van der Waals surface area contributed by atoms with Crippen molar-refractivity contribution in [1.82, 2.24) is 0 Å². The van der Waals surface area contributed by atoms with E-state index in [9.17, 15) is 13.9 Å². The molecular weight excluding hydrogens is 218 g/mol. The topological polar surface area (TPSA) is 20.2 Å². The molecule has 0 spiro atoms. The highest BCUT2D eigenvalue weighted by atomic mass is 32.2. The molecule has 0 bridgehead atoms. The normalized spacial score (nSPS) is 23.0. The highest BCUT2D eigenvalue weighted by Crippen LogP contribution is 2.35. The molecule has 0 amide bonds. The summed E-state index contributed by atoms with van der Waals surface area (Å²) >= 11 is 1.74. The van der Waals surface area contributed by atoms with Gasteiger partial charge in [-0.2, -0.15) is 11.8 Å². The molecule has 1 aliphatic heterocycles. The Morgan fingerprint density at radius 3 is 2.87 bits per heavy atom. The van der Waals surface area contributed by atoms with Crippen LogP contribution in [0, 0.1) is 17.6 Å². The molecule has 0 saturated carbocycles. The van der Waals surface area contributed by atoms with Crippen LogP contribution in [0.25, 0.3) is 0 Å². The Bertz CT molecular complexity index is 350. The van der Waals surface area contributed by atoms with Gasteiger partial charge in [-0.3, -0.25) is 0 Å². The molecule has 1 heterocycles. The molecule has 1 saturated heterocycles. The first-order valence-electron chi connectivity index (χ1n) is 4.89. The predicted octanol–water partition coefficient (Wildman–Crippen LogP) is 2.75. The molecule has 82 valence electrons. The first kappa shape index (κ1) is 10.9. The standard InChI is InChI=1S/C11H12F2OS/c12-8-1-2-10(13)9(5-8)11(14)7-3-4-15-6-7/h1-2,5,7,11,14H,3-4,6H2. The van der Waals surface area contributed by atoms with Crippen LogP contribution >= 0.6 is 11.8 Å². The lowest BCUT2D eigenvalue weighted by atomic mass is 9.95. The van der Waals surface area contributed by atoms with Crippen LogP contribution in [-0.2, 0) is 0 Å². The summed E-state index contributed by atoms with van der Waals surface area (Å²) in [4.78, 5) is 0. The molecule has 2 rings (SSSR count). The third kappa shape index (κ3) is 2.32. The number of aliphatic hydroxyl groups excluding tert-OH is 1. The SMILES string of the molecule is OC(c1cc(F)ccc1F)C1CCSC1. The Morgan fingerprint density at radius 2 is 2.20 bits per heavy atom. The number of rotatable bonds is 2. The maximum atomic E-state index is 13.3. The Balaban J connectivity index is 2.23. The second-order valence-electron chi connectivity index (χ2n) is 3.73. The van der Waals surface area contributed by atoms with Crippen LogP contribution in [0.2, 0.25) is 0 Å². The van der Waals surface area contributed by atoms with Gasteiger partial charge in [0, 0.05) is 5.56 Å². The Hall–Kier alpha value is -0.610. The van der Waals surface area contributed by atoms with Gasteiger partial charge in [-0.05, 0) is 42.0 Å². The number of aliphatic hydroxyl groups is 1. The van der Waals surface area contributed by atoms with E-state index in [1.165, 1.54) is 0 Å². The van der Waals surface area contributed by atoms with E-state index >= 15 is 0 Å². The lowest BCUT2D eigenvalue weighted by Crippen LogP contribution is -2.13. The number of halogens is 2. The second-order valence-corrected chi connectivity index (χ2v) is 4.88. The van der Waals surface area contributed by atoms with Crippen molar-refractivity contribution in [2.75, 3.05) is 11.5 Å². The van der Waals surface area contributed by atoms with E-state index in [2.05, 4.69) is 0 Å². The van der Waals surface area contributed by atoms with Gasteiger partial charge in [0.25, 0.3) is 0 Å². The molecule has 1 N–H and O–H groups in total. The summed E-state index contributed by atoms with van der Waals surface area (Å²) in [6.07, 6.45) is -0.0161. The average molecular weight is 230 g/mol. The summed E-state index contributed by atoms with van der Waals surface area (Å²) < 4.78 is 26.3. The molecule has 2 atom stereocenters. The van der Waals surface area contributed by atoms with Gasteiger partial charge in [0.2, 0.25) is 0 Å². The maximum Gasteiger partial charge on any atom is 0.129 e. The smallest absolute Gasteiger partial charge is 0.129 e. The summed E-state index contributed by atoms with van der Waals surface area (Å²) in [5.74, 6) is 0.818. The van der Waals surface area contributed by atoms with E-state index in [0.717, 1.165) is 36.1 Å². The van der Waals surface area contributed by atoms with Crippen molar-refractivity contribution >= 4 is 11.8 Å². The average Bonchev–Trinajstić information content (AvgIpc) is 2.74. The Labute approximate surface area is 91.5 Å². The van der Waals surface area contributed by atoms with E-state index in [1.807, 2.05) is 0 Å². The zero-order chi connectivity index (χ0) is 10.8. The van der Waals surface area contributed by atoms with Crippen LogP contribution in [0.5, 0.6) is 0 Å². The van der Waals surface area contributed by atoms with Crippen LogP contribution < -0.4 is 0 Å². The molecule has 15 heavy (non-hydrogen) atoms. The molecule has 2 unspecified atom stereocenters. The highest BCUT2D eigenvalue weighted by molar-refractivity contribution is 7.99. The second kappa shape index (κ2) is 4.49. The van der Waals surface area contributed by atoms with Gasteiger partial charge < -0.3 is 5.11 Å². The minimum Gasteiger partial charge on any atom is -0.388 e. The first-order valence-corrected chi connectivity index (χ1v) is 6.04. The van der Waals surface area contributed by atoms with Gasteiger partial charge in [-0.25, -0.2) is 8.78 Å². The van der Waals surface area contributed by atoms with E-state index in [1.54, 1.807) is 11.8 Å². The van der Waals surface area contributed by atoms with E-state index in [-0.39, 0.29) is 11.5 Å². The molecule has 1 nitrogen and oxygen atoms in total. The molecule has 1 aliphatic rings. The van der Waals surface area contributed by atoms with E-state index in [0.29, 0.717) is 0 Å². The summed E-state index contributed by atoms with van der Waals surface area (Å²) in [6, 6.07) is 3.22. The number of benzene rings is 1. The van der Waals surface area contributed by atoms with E-state index in [4.69, 9.17) is 0 Å². The van der Waals surface area contributed by atoms with Crippen LogP contribution in [0.3, 0.4) is 0 Å². The van der Waals surface area contributed by atoms with Gasteiger partial charge in [0.1, 0.15) is 11.6 Å². The zero-order valence-electron chi connectivity index (χ0n) is 8.12. The number of thioether (sulfide) groups is 1. The van der Waals surface area contributed by atoms with Gasteiger partial charge >= 0.3 is 0 Å². The zero-order valence-corrected chi connectivity index (χ0v) is 8.94. The van der Waals surface area contributed by atoms with Gasteiger partial charge in [0.15, 0.2) is 0 Å². The van der Waals surface area contributed by atoms with Gasteiger partial charge in [-0.1, -0.05) is 0 Å². The minimum atomic E-state index is -0.879. The van der Waals surface area contributed by atoms with E-state index < -0.39 is 17.7 Å². The monoisotopic (exact) mass is 230 g/mol. The van der Waals surface area contributed by atoms with Crippen LogP contribution in [-0.4, -0.2) is 16.6 Å². The first-order chi connectivity index (χ1) is 7.18. The third-order valence-corrected chi connectivity index (χ3v) is 3.88. The number of hydrogen-bond donors (Lipinski definition) is 1. The van der Waals surface area contributed by atoms with Gasteiger partial charge in [-0.15, -0.1) is 0 Å². The van der Waals surface area contributed by atoms with Crippen LogP contribution in [0.4, 0.5) is 8.78 Å². The van der Waals surface area contributed by atoms with Gasteiger partial charge in [0.05, 0.1) is 6.10 Å². The van der Waals surface area contributed by atoms with Crippen molar-refractivity contribution in [2.24, 2.45) is 5.92 Å². The van der Waals surface area contributed by atoms with Crippen molar-refractivity contribution in [3.05, 3.63) is 35.4 Å². The minimum absolute atomic E-state index is 0.0475. The predicted molar refractivity (Wildman–Crippen MR) is 56.7 cm³/mol. The van der Waals surface area contributed by atoms with Crippen LogP contribution in [0.1, 0.15) is 18.1 Å². The molecule has 1 aromatic rings. The van der Waals surface area contributed by atoms with Crippen molar-refractivity contribution in [3.63, 3.8) is 0 Å². The molecule has 0 radical (unpaired) electrons. The number of hydrogen-bond acceptors (Lipinski definition) is 2. The third-order valence-electron chi connectivity index (χ3n) is 2.69. The maximum absolute atomic E-state index is 13.3. The van der Waals surface area contributed by atoms with Crippen molar-refractivity contribution < 1.29 is 13.9 Å². The molecule has 4 heteroatoms. The summed E-state index contributed by atoms with van der Waals surface area (Å²) in [7, 11) is 0. The molecule has 0 aromatic heterocycles. The Morgan fingerprint density at radius 1 is 1.40 bits per heavy atom. The summed E-state index contributed by atoms with van der Waals surface area (Å²) in [6.45, 7) is 0. The lowest BCUT2D eigenvalue weighted by Gasteiger charge is -2.17. The fraction of sp³-hybridized carbons (Fsp3) is 0.455. The van der Waals surface area contributed by atoms with Crippen LogP contribution in [0.15, 0.2) is 18.2 Å². The van der Waals surface area contributed by atoms with Crippen molar-refractivity contribution in [3.8, 4) is 0 Å². The Kier molecular flexibility index (Phi) is 3.26. The molecule has 0 aliphatic carbocycles. The molecule has 1 aromatic carbocycles. The van der Waals surface area contributed by atoms with Crippen molar-refractivity contribution in [1.29, 1.82) is 0 Å². The summed E-state index contributed by atoms with van der Waals surface area (Å²) in [5.41, 5.74) is 0.0856. The summed E-state index contributed by atoms with van der Waals surface area (Å²) in [5, 5.41) is 9.91. The fourth-order valence-corrected chi connectivity index (χ4v) is 3.08. The lowest BCUT2D eigenvalue weighted by molar-refractivity contribution is 0.117. The molecular formula is C11H12F2OS. The largest absolute Gasteiger partial charge is 0.388 e.